The number of anilines is 2. The smallest absolute Gasteiger partial charge is 0.373 e. The number of thiophene rings is 1. The van der Waals surface area contributed by atoms with Gasteiger partial charge in [0.05, 0.1) is 6.04 Å². The zero-order valence-corrected chi connectivity index (χ0v) is 12.3. The number of aromatic nitrogens is 2. The molecule has 0 amide bonds. The fourth-order valence-corrected chi connectivity index (χ4v) is 2.68. The van der Waals surface area contributed by atoms with Crippen molar-refractivity contribution in [1.82, 2.24) is 9.97 Å². The first kappa shape index (κ1) is 15.6. The molecule has 114 valence electrons. The molecule has 0 aliphatic carbocycles. The summed E-state index contributed by atoms with van der Waals surface area (Å²) in [6, 6.07) is 5.23. The number of nitrogens with zero attached hydrogens (tertiary/aromatic N) is 2. The van der Waals surface area contributed by atoms with Gasteiger partial charge in [0.25, 0.3) is 0 Å². The van der Waals surface area contributed by atoms with E-state index in [1.165, 1.54) is 13.1 Å². The van der Waals surface area contributed by atoms with Crippen LogP contribution in [-0.2, 0) is 6.18 Å². The first-order valence-electron chi connectivity index (χ1n) is 6.38. The molecule has 2 heterocycles. The highest BCUT2D eigenvalue weighted by atomic mass is 32.1. The summed E-state index contributed by atoms with van der Waals surface area (Å²) in [5.74, 6) is -0.874. The van der Waals surface area contributed by atoms with Gasteiger partial charge in [-0.3, -0.25) is 0 Å². The summed E-state index contributed by atoms with van der Waals surface area (Å²) in [4.78, 5) is 8.05. The lowest BCUT2D eigenvalue weighted by molar-refractivity contribution is -0.144. The van der Waals surface area contributed by atoms with Gasteiger partial charge >= 0.3 is 6.18 Å². The Labute approximate surface area is 124 Å². The molecule has 0 aliphatic heterocycles. The molecule has 0 spiro atoms. The average Bonchev–Trinajstić information content (AvgIpc) is 2.97. The number of alkyl halides is 3. The first-order valence-corrected chi connectivity index (χ1v) is 7.26. The van der Waals surface area contributed by atoms with E-state index in [1.54, 1.807) is 11.3 Å². The van der Waals surface area contributed by atoms with Gasteiger partial charge in [-0.2, -0.15) is 13.2 Å². The molecule has 2 aromatic rings. The Morgan fingerprint density at radius 1 is 1.29 bits per heavy atom. The fraction of sp³-hybridized carbons (Fsp3) is 0.385. The minimum atomic E-state index is -4.58. The van der Waals surface area contributed by atoms with Crippen LogP contribution in [0.2, 0.25) is 0 Å². The summed E-state index contributed by atoms with van der Waals surface area (Å²) >= 11 is 1.55. The Kier molecular flexibility index (Phi) is 4.66. The summed E-state index contributed by atoms with van der Waals surface area (Å²) in [7, 11) is 1.52. The van der Waals surface area contributed by atoms with Gasteiger partial charge in [-0.15, -0.1) is 11.3 Å². The maximum atomic E-state index is 12.8. The van der Waals surface area contributed by atoms with E-state index in [4.69, 9.17) is 0 Å². The van der Waals surface area contributed by atoms with E-state index in [-0.39, 0.29) is 17.7 Å². The third-order valence-corrected chi connectivity index (χ3v) is 3.84. The minimum Gasteiger partial charge on any atom is -0.373 e. The van der Waals surface area contributed by atoms with Crippen molar-refractivity contribution in [2.45, 2.75) is 25.6 Å². The quantitative estimate of drug-likeness (QED) is 0.869. The lowest BCUT2D eigenvalue weighted by Gasteiger charge is -2.17. The van der Waals surface area contributed by atoms with Crippen LogP contribution in [0.3, 0.4) is 0 Å². The molecule has 4 nitrogen and oxygen atoms in total. The lowest BCUT2D eigenvalue weighted by atomic mass is 10.2. The van der Waals surface area contributed by atoms with E-state index in [1.807, 2.05) is 24.4 Å². The average molecular weight is 316 g/mol. The summed E-state index contributed by atoms with van der Waals surface area (Å²) in [5, 5.41) is 7.59. The molecular weight excluding hydrogens is 301 g/mol. The predicted molar refractivity (Wildman–Crippen MR) is 77.6 cm³/mol. The van der Waals surface area contributed by atoms with Crippen molar-refractivity contribution in [1.29, 1.82) is 0 Å². The molecule has 0 saturated heterocycles. The molecule has 2 aromatic heterocycles. The predicted octanol–water partition coefficient (Wildman–Crippen LogP) is 4.16. The van der Waals surface area contributed by atoms with Gasteiger partial charge in [0, 0.05) is 18.0 Å². The lowest BCUT2D eigenvalue weighted by Crippen LogP contribution is -2.16. The van der Waals surface area contributed by atoms with E-state index in [0.717, 1.165) is 11.3 Å². The zero-order valence-electron chi connectivity index (χ0n) is 11.5. The molecule has 0 fully saturated rings. The van der Waals surface area contributed by atoms with Crippen LogP contribution in [0.1, 0.15) is 30.1 Å². The zero-order chi connectivity index (χ0) is 15.5. The largest absolute Gasteiger partial charge is 0.451 e. The highest BCUT2D eigenvalue weighted by Crippen LogP contribution is 2.30. The molecule has 8 heteroatoms. The van der Waals surface area contributed by atoms with Crippen LogP contribution in [0.25, 0.3) is 0 Å². The third kappa shape index (κ3) is 3.84. The van der Waals surface area contributed by atoms with E-state index in [2.05, 4.69) is 20.6 Å². The van der Waals surface area contributed by atoms with Gasteiger partial charge in [-0.05, 0) is 17.9 Å². The Morgan fingerprint density at radius 3 is 2.52 bits per heavy atom. The number of rotatable bonds is 5. The van der Waals surface area contributed by atoms with Gasteiger partial charge in [0.1, 0.15) is 11.6 Å². The van der Waals surface area contributed by atoms with Gasteiger partial charge in [0.15, 0.2) is 0 Å². The number of hydrogen-bond acceptors (Lipinski definition) is 5. The van der Waals surface area contributed by atoms with Crippen LogP contribution in [0, 0.1) is 0 Å². The molecule has 0 aromatic carbocycles. The standard InChI is InChI=1S/C13H15F3N4S/c1-3-8(9-5-4-6-21-9)18-11-7-10(17-2)19-12(20-11)13(14,15)16/h4-8H,3H2,1-2H3,(H2,17,18,19,20). The van der Waals surface area contributed by atoms with Crippen LogP contribution < -0.4 is 10.6 Å². The van der Waals surface area contributed by atoms with Gasteiger partial charge in [-0.1, -0.05) is 13.0 Å². The van der Waals surface area contributed by atoms with Crippen LogP contribution in [0.15, 0.2) is 23.6 Å². The van der Waals surface area contributed by atoms with Crippen molar-refractivity contribution in [3.63, 3.8) is 0 Å². The summed E-state index contributed by atoms with van der Waals surface area (Å²) in [5.41, 5.74) is 0. The summed E-state index contributed by atoms with van der Waals surface area (Å²) in [6.07, 6.45) is -3.84. The van der Waals surface area contributed by atoms with Gasteiger partial charge in [-0.25, -0.2) is 9.97 Å². The van der Waals surface area contributed by atoms with Gasteiger partial charge in [0.2, 0.25) is 5.82 Å². The van der Waals surface area contributed by atoms with Crippen molar-refractivity contribution in [2.24, 2.45) is 0 Å². The van der Waals surface area contributed by atoms with E-state index in [9.17, 15) is 13.2 Å². The molecule has 2 N–H and O–H groups in total. The molecule has 0 radical (unpaired) electrons. The molecular formula is C13H15F3N4S. The van der Waals surface area contributed by atoms with Gasteiger partial charge < -0.3 is 10.6 Å². The van der Waals surface area contributed by atoms with Crippen molar-refractivity contribution in [2.75, 3.05) is 17.7 Å². The molecule has 1 atom stereocenters. The Morgan fingerprint density at radius 2 is 2.00 bits per heavy atom. The molecule has 2 rings (SSSR count). The van der Waals surface area contributed by atoms with E-state index < -0.39 is 12.0 Å². The van der Waals surface area contributed by atoms with Crippen molar-refractivity contribution in [3.8, 4) is 0 Å². The normalized spacial score (nSPS) is 13.0. The second kappa shape index (κ2) is 6.30. The molecule has 0 aliphatic rings. The van der Waals surface area contributed by atoms with E-state index >= 15 is 0 Å². The minimum absolute atomic E-state index is 0.0781. The number of nitrogens with one attached hydrogen (secondary N) is 2. The van der Waals surface area contributed by atoms with Crippen molar-refractivity contribution < 1.29 is 13.2 Å². The van der Waals surface area contributed by atoms with Crippen LogP contribution in [-0.4, -0.2) is 17.0 Å². The maximum absolute atomic E-state index is 12.8. The molecule has 1 unspecified atom stereocenters. The Hall–Kier alpha value is -1.83. The highest BCUT2D eigenvalue weighted by molar-refractivity contribution is 7.10. The SMILES string of the molecule is CCC(Nc1cc(NC)nc(C(F)(F)F)n1)c1cccs1. The van der Waals surface area contributed by atoms with Crippen molar-refractivity contribution in [3.05, 3.63) is 34.3 Å². The molecule has 0 bridgehead atoms. The van der Waals surface area contributed by atoms with Crippen LogP contribution >= 0.6 is 11.3 Å². The summed E-state index contributed by atoms with van der Waals surface area (Å²) < 4.78 is 38.4. The second-order valence-electron chi connectivity index (χ2n) is 4.33. The topological polar surface area (TPSA) is 49.8 Å². The second-order valence-corrected chi connectivity index (χ2v) is 5.31. The fourth-order valence-electron chi connectivity index (χ4n) is 1.82. The van der Waals surface area contributed by atoms with E-state index in [0.29, 0.717) is 0 Å². The Bertz CT molecular complexity index is 584. The first-order chi connectivity index (χ1) is 9.94. The highest BCUT2D eigenvalue weighted by Gasteiger charge is 2.35. The molecule has 0 saturated carbocycles. The number of halogens is 3. The number of hydrogen-bond donors (Lipinski definition) is 2. The summed E-state index contributed by atoms with van der Waals surface area (Å²) in [6.45, 7) is 1.96. The van der Waals surface area contributed by atoms with Crippen LogP contribution in [0.5, 0.6) is 0 Å². The molecule has 21 heavy (non-hydrogen) atoms. The van der Waals surface area contributed by atoms with Crippen LogP contribution in [0.4, 0.5) is 24.8 Å². The Balaban J connectivity index is 2.30. The maximum Gasteiger partial charge on any atom is 0.451 e. The third-order valence-electron chi connectivity index (χ3n) is 2.85. The monoisotopic (exact) mass is 316 g/mol. The van der Waals surface area contributed by atoms with Crippen molar-refractivity contribution >= 4 is 23.0 Å².